The predicted molar refractivity (Wildman–Crippen MR) is 68.6 cm³/mol. The van der Waals surface area contributed by atoms with Crippen LogP contribution in [0.15, 0.2) is 24.3 Å². The molecule has 1 aromatic carbocycles. The molecular formula is C12H15ClFNO4. The molecule has 0 saturated carbocycles. The van der Waals surface area contributed by atoms with Crippen LogP contribution in [0.2, 0.25) is 0 Å². The third-order valence-corrected chi connectivity index (χ3v) is 2.05. The molecule has 0 unspecified atom stereocenters. The van der Waals surface area contributed by atoms with Crippen molar-refractivity contribution < 1.29 is 23.8 Å². The number of rotatable bonds is 4. The van der Waals surface area contributed by atoms with E-state index in [4.69, 9.17) is 22.4 Å². The van der Waals surface area contributed by atoms with Gasteiger partial charge >= 0.3 is 11.4 Å². The fourth-order valence-electron chi connectivity index (χ4n) is 1.08. The van der Waals surface area contributed by atoms with Gasteiger partial charge in [-0.25, -0.2) is 9.18 Å². The zero-order valence-corrected chi connectivity index (χ0v) is 11.1. The fraction of sp³-hybridized carbons (Fsp3) is 0.333. The van der Waals surface area contributed by atoms with Crippen molar-refractivity contribution in [3.63, 3.8) is 0 Å². The van der Waals surface area contributed by atoms with Gasteiger partial charge in [0.2, 0.25) is 0 Å². The second-order valence-corrected chi connectivity index (χ2v) is 3.75. The molecule has 0 bridgehead atoms. The SMILES string of the molecule is CCOC(=O)Cl.N[C@@H](Cc1ccc(F)cc1)C(=O)O. The number of carbonyl (C=O) groups is 2. The molecule has 1 atom stereocenters. The molecule has 1 aromatic rings. The predicted octanol–water partition coefficient (Wildman–Crippen LogP) is 2.16. The first-order valence-electron chi connectivity index (χ1n) is 5.41. The summed E-state index contributed by atoms with van der Waals surface area (Å²) in [6, 6.07) is 4.69. The molecule has 19 heavy (non-hydrogen) atoms. The van der Waals surface area contributed by atoms with Gasteiger partial charge in [-0.1, -0.05) is 12.1 Å². The minimum Gasteiger partial charge on any atom is -0.480 e. The summed E-state index contributed by atoms with van der Waals surface area (Å²) >= 11 is 4.72. The van der Waals surface area contributed by atoms with Gasteiger partial charge in [-0.05, 0) is 31.0 Å². The van der Waals surface area contributed by atoms with Crippen LogP contribution in [-0.2, 0) is 16.0 Å². The van der Waals surface area contributed by atoms with Crippen LogP contribution in [-0.4, -0.2) is 29.2 Å². The van der Waals surface area contributed by atoms with Crippen LogP contribution in [0.1, 0.15) is 12.5 Å². The second kappa shape index (κ2) is 9.29. The standard InChI is InChI=1S/C9H10FNO2.C3H5ClO2/c10-7-3-1-6(2-4-7)5-8(11)9(12)13;1-2-6-3(4)5/h1-4,8H,5,11H2,(H,12,13);2H2,1H3/t8-;/m0./s1. The molecule has 0 aliphatic heterocycles. The van der Waals surface area contributed by atoms with Crippen molar-refractivity contribution >= 4 is 23.0 Å². The summed E-state index contributed by atoms with van der Waals surface area (Å²) in [5, 5.41) is 8.50. The van der Waals surface area contributed by atoms with Gasteiger partial charge < -0.3 is 15.6 Å². The Labute approximate surface area is 115 Å². The van der Waals surface area contributed by atoms with E-state index in [1.54, 1.807) is 6.92 Å². The average molecular weight is 292 g/mol. The van der Waals surface area contributed by atoms with Crippen molar-refractivity contribution in [2.45, 2.75) is 19.4 Å². The molecule has 0 radical (unpaired) electrons. The lowest BCUT2D eigenvalue weighted by molar-refractivity contribution is -0.138. The van der Waals surface area contributed by atoms with Crippen LogP contribution in [0, 0.1) is 5.82 Å². The Morgan fingerprint density at radius 1 is 1.42 bits per heavy atom. The number of hydrogen-bond acceptors (Lipinski definition) is 4. The lowest BCUT2D eigenvalue weighted by atomic mass is 10.1. The van der Waals surface area contributed by atoms with E-state index in [1.165, 1.54) is 24.3 Å². The lowest BCUT2D eigenvalue weighted by Crippen LogP contribution is -2.32. The first-order chi connectivity index (χ1) is 8.86. The fourth-order valence-corrected chi connectivity index (χ4v) is 1.18. The summed E-state index contributed by atoms with van der Waals surface area (Å²) in [5.41, 5.74) is 5.27. The molecular weight excluding hydrogens is 277 g/mol. The molecule has 3 N–H and O–H groups in total. The number of carbonyl (C=O) groups excluding carboxylic acids is 1. The van der Waals surface area contributed by atoms with E-state index in [9.17, 15) is 14.0 Å². The molecule has 0 aromatic heterocycles. The van der Waals surface area contributed by atoms with Gasteiger partial charge in [-0.3, -0.25) is 4.79 Å². The van der Waals surface area contributed by atoms with Crippen molar-refractivity contribution in [2.75, 3.05) is 6.61 Å². The van der Waals surface area contributed by atoms with Crippen molar-refractivity contribution in [3.8, 4) is 0 Å². The van der Waals surface area contributed by atoms with Gasteiger partial charge in [0.15, 0.2) is 0 Å². The van der Waals surface area contributed by atoms with Crippen LogP contribution in [0.3, 0.4) is 0 Å². The van der Waals surface area contributed by atoms with E-state index in [-0.39, 0.29) is 12.2 Å². The molecule has 0 saturated heterocycles. The van der Waals surface area contributed by atoms with Gasteiger partial charge in [0.25, 0.3) is 0 Å². The number of ether oxygens (including phenoxy) is 1. The monoisotopic (exact) mass is 291 g/mol. The smallest absolute Gasteiger partial charge is 0.403 e. The minimum atomic E-state index is -1.05. The Balaban J connectivity index is 0.000000459. The van der Waals surface area contributed by atoms with Gasteiger partial charge in [-0.2, -0.15) is 0 Å². The van der Waals surface area contributed by atoms with Gasteiger partial charge in [-0.15, -0.1) is 0 Å². The molecule has 0 amide bonds. The third-order valence-electron chi connectivity index (χ3n) is 1.94. The lowest BCUT2D eigenvalue weighted by Gasteiger charge is -2.05. The summed E-state index contributed by atoms with van der Waals surface area (Å²) in [7, 11) is 0. The van der Waals surface area contributed by atoms with E-state index in [2.05, 4.69) is 4.74 Å². The highest BCUT2D eigenvalue weighted by Crippen LogP contribution is 2.04. The van der Waals surface area contributed by atoms with Crippen molar-refractivity contribution in [3.05, 3.63) is 35.6 Å². The summed E-state index contributed by atoms with van der Waals surface area (Å²) < 4.78 is 16.6. The normalized spacial score (nSPS) is 10.9. The molecule has 0 spiro atoms. The van der Waals surface area contributed by atoms with Crippen LogP contribution in [0.4, 0.5) is 9.18 Å². The van der Waals surface area contributed by atoms with Crippen LogP contribution < -0.4 is 5.73 Å². The maximum Gasteiger partial charge on any atom is 0.403 e. The Morgan fingerprint density at radius 2 is 1.95 bits per heavy atom. The molecule has 0 aliphatic rings. The number of nitrogens with two attached hydrogens (primary N) is 1. The summed E-state index contributed by atoms with van der Waals surface area (Å²) in [5.74, 6) is -1.39. The zero-order valence-electron chi connectivity index (χ0n) is 10.3. The van der Waals surface area contributed by atoms with Gasteiger partial charge in [0.1, 0.15) is 11.9 Å². The van der Waals surface area contributed by atoms with Crippen LogP contribution in [0.25, 0.3) is 0 Å². The Kier molecular flexibility index (Phi) is 8.48. The first-order valence-corrected chi connectivity index (χ1v) is 5.79. The first kappa shape index (κ1) is 17.3. The van der Waals surface area contributed by atoms with E-state index >= 15 is 0 Å². The maximum absolute atomic E-state index is 12.4. The van der Waals surface area contributed by atoms with Gasteiger partial charge in [0, 0.05) is 11.6 Å². The maximum atomic E-state index is 12.4. The summed E-state index contributed by atoms with van der Waals surface area (Å²) in [6.45, 7) is 2.04. The molecule has 0 aliphatic carbocycles. The molecule has 7 heteroatoms. The second-order valence-electron chi connectivity index (χ2n) is 3.45. The largest absolute Gasteiger partial charge is 0.480 e. The molecule has 5 nitrogen and oxygen atoms in total. The number of aliphatic carboxylic acids is 1. The Bertz CT molecular complexity index is 411. The number of carboxylic acid groups (broad SMARTS) is 1. The van der Waals surface area contributed by atoms with E-state index < -0.39 is 17.4 Å². The molecule has 0 fully saturated rings. The van der Waals surface area contributed by atoms with E-state index in [0.717, 1.165) is 5.56 Å². The van der Waals surface area contributed by atoms with Crippen LogP contribution in [0.5, 0.6) is 0 Å². The highest BCUT2D eigenvalue weighted by Gasteiger charge is 2.11. The summed E-state index contributed by atoms with van der Waals surface area (Å²) in [6.07, 6.45) is 0.218. The third kappa shape index (κ3) is 8.98. The van der Waals surface area contributed by atoms with Gasteiger partial charge in [0.05, 0.1) is 6.61 Å². The highest BCUT2D eigenvalue weighted by atomic mass is 35.5. The quantitative estimate of drug-likeness (QED) is 0.830. The Morgan fingerprint density at radius 3 is 2.26 bits per heavy atom. The van der Waals surface area contributed by atoms with Crippen molar-refractivity contribution in [1.82, 2.24) is 0 Å². The van der Waals surface area contributed by atoms with E-state index in [0.29, 0.717) is 6.61 Å². The number of carboxylic acids is 1. The molecule has 0 heterocycles. The molecule has 106 valence electrons. The summed E-state index contributed by atoms with van der Waals surface area (Å²) in [4.78, 5) is 20.0. The minimum absolute atomic E-state index is 0.218. The van der Waals surface area contributed by atoms with Crippen LogP contribution >= 0.6 is 11.6 Å². The molecule has 1 rings (SSSR count). The number of hydrogen-bond donors (Lipinski definition) is 2. The zero-order chi connectivity index (χ0) is 14.8. The number of halogens is 2. The number of benzene rings is 1. The van der Waals surface area contributed by atoms with E-state index in [1.807, 2.05) is 0 Å². The average Bonchev–Trinajstić information content (AvgIpc) is 2.32. The Hall–Kier alpha value is -1.66. The van der Waals surface area contributed by atoms with Crippen molar-refractivity contribution in [2.24, 2.45) is 5.73 Å². The van der Waals surface area contributed by atoms with Crippen molar-refractivity contribution in [1.29, 1.82) is 0 Å². The topological polar surface area (TPSA) is 89.6 Å². The highest BCUT2D eigenvalue weighted by molar-refractivity contribution is 6.61.